The van der Waals surface area contributed by atoms with E-state index in [1.54, 1.807) is 6.08 Å². The Labute approximate surface area is 102 Å². The molecule has 2 fully saturated rings. The first kappa shape index (κ1) is 12.1. The van der Waals surface area contributed by atoms with E-state index < -0.39 is 0 Å². The van der Waals surface area contributed by atoms with Gasteiger partial charge in [0.25, 0.3) is 0 Å². The largest absolute Gasteiger partial charge is 0.351 e. The average molecular weight is 236 g/mol. The van der Waals surface area contributed by atoms with Crippen LogP contribution >= 0.6 is 0 Å². The third-order valence-corrected chi connectivity index (χ3v) is 3.70. The van der Waals surface area contributed by atoms with Gasteiger partial charge >= 0.3 is 0 Å². The Morgan fingerprint density at radius 1 is 1.41 bits per heavy atom. The highest BCUT2D eigenvalue weighted by atomic mass is 16.2. The van der Waals surface area contributed by atoms with Gasteiger partial charge in [0.05, 0.1) is 0 Å². The van der Waals surface area contributed by atoms with Gasteiger partial charge in [-0.15, -0.1) is 6.58 Å². The molecule has 0 unspecified atom stereocenters. The zero-order valence-corrected chi connectivity index (χ0v) is 10.2. The predicted octanol–water partition coefficient (Wildman–Crippen LogP) is 1.22. The van der Waals surface area contributed by atoms with Crippen molar-refractivity contribution in [1.82, 2.24) is 10.2 Å². The number of hydrogen-bond donors (Lipinski definition) is 1. The molecular weight excluding hydrogens is 216 g/mol. The fraction of sp³-hybridized carbons (Fsp3) is 0.692. The molecule has 0 aromatic heterocycles. The van der Waals surface area contributed by atoms with Gasteiger partial charge in [0.15, 0.2) is 0 Å². The molecule has 2 amide bonds. The molecule has 1 N–H and O–H groups in total. The number of nitrogens with one attached hydrogen (secondary N) is 1. The van der Waals surface area contributed by atoms with Crippen LogP contribution in [0.15, 0.2) is 12.7 Å². The van der Waals surface area contributed by atoms with Gasteiger partial charge in [-0.1, -0.05) is 18.9 Å². The first-order chi connectivity index (χ1) is 8.24. The van der Waals surface area contributed by atoms with E-state index in [1.807, 2.05) is 4.90 Å². The lowest BCUT2D eigenvalue weighted by molar-refractivity contribution is -0.137. The summed E-state index contributed by atoms with van der Waals surface area (Å²) in [7, 11) is 0. The summed E-state index contributed by atoms with van der Waals surface area (Å²) < 4.78 is 0. The third-order valence-electron chi connectivity index (χ3n) is 3.70. The number of carbonyl (C=O) groups excluding carboxylic acids is 2. The maximum Gasteiger partial charge on any atom is 0.243 e. The molecule has 4 heteroatoms. The summed E-state index contributed by atoms with van der Waals surface area (Å²) in [6.07, 6.45) is 7.30. The quantitative estimate of drug-likeness (QED) is 0.746. The predicted molar refractivity (Wildman–Crippen MR) is 65.3 cm³/mol. The second-order valence-corrected chi connectivity index (χ2v) is 4.83. The number of hydrogen-bond acceptors (Lipinski definition) is 2. The fourth-order valence-corrected chi connectivity index (χ4v) is 2.89. The van der Waals surface area contributed by atoms with Gasteiger partial charge in [0, 0.05) is 19.0 Å². The Kier molecular flexibility index (Phi) is 3.82. The number of amides is 2. The van der Waals surface area contributed by atoms with E-state index in [4.69, 9.17) is 0 Å². The Morgan fingerprint density at radius 2 is 2.12 bits per heavy atom. The minimum Gasteiger partial charge on any atom is -0.351 e. The highest BCUT2D eigenvalue weighted by Crippen LogP contribution is 2.30. The molecule has 0 spiro atoms. The molecule has 0 aromatic carbocycles. The minimum absolute atomic E-state index is 0.0253. The van der Waals surface area contributed by atoms with Crippen LogP contribution in [0.25, 0.3) is 0 Å². The van der Waals surface area contributed by atoms with Crippen molar-refractivity contribution >= 4 is 11.8 Å². The van der Waals surface area contributed by atoms with E-state index in [2.05, 4.69) is 11.9 Å². The summed E-state index contributed by atoms with van der Waals surface area (Å²) in [5.74, 6) is 0.123. The molecule has 94 valence electrons. The van der Waals surface area contributed by atoms with Crippen molar-refractivity contribution in [3.8, 4) is 0 Å². The maximum absolute atomic E-state index is 12.0. The van der Waals surface area contributed by atoms with E-state index in [1.165, 1.54) is 12.8 Å². The summed E-state index contributed by atoms with van der Waals surface area (Å²) in [6.45, 7) is 4.05. The molecule has 1 saturated carbocycles. The van der Waals surface area contributed by atoms with Crippen LogP contribution in [-0.4, -0.2) is 35.3 Å². The van der Waals surface area contributed by atoms with Crippen molar-refractivity contribution in [3.63, 3.8) is 0 Å². The van der Waals surface area contributed by atoms with E-state index in [0.717, 1.165) is 12.8 Å². The third kappa shape index (κ3) is 2.51. The lowest BCUT2D eigenvalue weighted by Gasteiger charge is -2.29. The highest BCUT2D eigenvalue weighted by Gasteiger charge is 2.40. The number of nitrogens with zero attached hydrogens (tertiary/aromatic N) is 1. The Bertz CT molecular complexity index is 321. The summed E-state index contributed by atoms with van der Waals surface area (Å²) in [5, 5.41) is 2.80. The second kappa shape index (κ2) is 5.34. The van der Waals surface area contributed by atoms with E-state index >= 15 is 0 Å². The summed E-state index contributed by atoms with van der Waals surface area (Å²) in [6, 6.07) is 0.0510. The Balaban J connectivity index is 2.02. The fourth-order valence-electron chi connectivity index (χ4n) is 2.89. The molecule has 1 atom stereocenters. The average Bonchev–Trinajstić information content (AvgIpc) is 2.94. The summed E-state index contributed by atoms with van der Waals surface area (Å²) in [4.78, 5) is 25.7. The molecule has 17 heavy (non-hydrogen) atoms. The SMILES string of the molecule is C=CCNC(=O)[C@@H]1CCC(=O)N1C1CCCC1. The van der Waals surface area contributed by atoms with Crippen LogP contribution in [0, 0.1) is 0 Å². The Morgan fingerprint density at radius 3 is 2.76 bits per heavy atom. The zero-order chi connectivity index (χ0) is 12.3. The van der Waals surface area contributed by atoms with E-state index in [9.17, 15) is 9.59 Å². The number of carbonyl (C=O) groups is 2. The van der Waals surface area contributed by atoms with Gasteiger partial charge in [-0.25, -0.2) is 0 Å². The molecule has 1 saturated heterocycles. The van der Waals surface area contributed by atoms with Crippen molar-refractivity contribution in [3.05, 3.63) is 12.7 Å². The van der Waals surface area contributed by atoms with E-state index in [-0.39, 0.29) is 17.9 Å². The molecule has 0 radical (unpaired) electrons. The first-order valence-electron chi connectivity index (χ1n) is 6.44. The van der Waals surface area contributed by atoms with Crippen LogP contribution < -0.4 is 5.32 Å². The molecule has 2 rings (SSSR count). The van der Waals surface area contributed by atoms with Gasteiger partial charge < -0.3 is 10.2 Å². The van der Waals surface area contributed by atoms with Crippen LogP contribution in [0.1, 0.15) is 38.5 Å². The second-order valence-electron chi connectivity index (χ2n) is 4.83. The van der Waals surface area contributed by atoms with Crippen LogP contribution in [0.5, 0.6) is 0 Å². The van der Waals surface area contributed by atoms with Crippen molar-refractivity contribution < 1.29 is 9.59 Å². The van der Waals surface area contributed by atoms with Crippen LogP contribution in [0.4, 0.5) is 0 Å². The van der Waals surface area contributed by atoms with Gasteiger partial charge in [-0.2, -0.15) is 0 Å². The monoisotopic (exact) mass is 236 g/mol. The van der Waals surface area contributed by atoms with Gasteiger partial charge in [0.1, 0.15) is 6.04 Å². The molecule has 2 aliphatic rings. The van der Waals surface area contributed by atoms with Gasteiger partial charge in [-0.05, 0) is 19.3 Å². The van der Waals surface area contributed by atoms with Crippen molar-refractivity contribution in [1.29, 1.82) is 0 Å². The molecule has 1 aliphatic heterocycles. The lowest BCUT2D eigenvalue weighted by Crippen LogP contribution is -2.48. The first-order valence-corrected chi connectivity index (χ1v) is 6.44. The molecule has 1 aliphatic carbocycles. The summed E-state index contributed by atoms with van der Waals surface area (Å²) in [5.41, 5.74) is 0. The van der Waals surface area contributed by atoms with Crippen LogP contribution in [0.2, 0.25) is 0 Å². The topological polar surface area (TPSA) is 49.4 Å². The minimum atomic E-state index is -0.245. The maximum atomic E-state index is 12.0. The normalized spacial score (nSPS) is 25.3. The lowest BCUT2D eigenvalue weighted by atomic mass is 10.1. The highest BCUT2D eigenvalue weighted by molar-refractivity contribution is 5.91. The molecule has 0 bridgehead atoms. The molecular formula is C13H20N2O2. The zero-order valence-electron chi connectivity index (χ0n) is 10.2. The van der Waals surface area contributed by atoms with Crippen molar-refractivity contribution in [2.75, 3.05) is 6.54 Å². The van der Waals surface area contributed by atoms with Crippen LogP contribution in [-0.2, 0) is 9.59 Å². The van der Waals surface area contributed by atoms with Gasteiger partial charge in [0.2, 0.25) is 11.8 Å². The molecule has 0 aromatic rings. The Hall–Kier alpha value is -1.32. The molecule has 4 nitrogen and oxygen atoms in total. The van der Waals surface area contributed by atoms with E-state index in [0.29, 0.717) is 25.4 Å². The van der Waals surface area contributed by atoms with Crippen molar-refractivity contribution in [2.45, 2.75) is 50.6 Å². The number of rotatable bonds is 4. The van der Waals surface area contributed by atoms with Crippen LogP contribution in [0.3, 0.4) is 0 Å². The standard InChI is InChI=1S/C13H20N2O2/c1-2-9-14-13(17)11-7-8-12(16)15(11)10-5-3-4-6-10/h2,10-11H,1,3-9H2,(H,14,17)/t11-/m0/s1. The van der Waals surface area contributed by atoms with Gasteiger partial charge in [-0.3, -0.25) is 9.59 Å². The summed E-state index contributed by atoms with van der Waals surface area (Å²) >= 11 is 0. The van der Waals surface area contributed by atoms with Crippen molar-refractivity contribution in [2.24, 2.45) is 0 Å². The molecule has 1 heterocycles. The smallest absolute Gasteiger partial charge is 0.243 e. The number of likely N-dealkylation sites (tertiary alicyclic amines) is 1.